The Morgan fingerprint density at radius 1 is 1.75 bits per heavy atom. The van der Waals surface area contributed by atoms with Crippen LogP contribution in [-0.4, -0.2) is 14.7 Å². The summed E-state index contributed by atoms with van der Waals surface area (Å²) >= 11 is 5.48. The Hall–Kier alpha value is -1.10. The average Bonchev–Trinajstić information content (AvgIpc) is 2.28. The van der Waals surface area contributed by atoms with Gasteiger partial charge in [-0.05, 0) is 6.92 Å². The van der Waals surface area contributed by atoms with Gasteiger partial charge in [0.15, 0.2) is 5.69 Å². The first-order chi connectivity index (χ1) is 5.57. The standard InChI is InChI=1S/C6H8ClN3O2/c1-4-6(10(11)12)5(3-7)8-9(4)2/h3H2,1-2H3. The van der Waals surface area contributed by atoms with Gasteiger partial charge in [0.1, 0.15) is 5.69 Å². The highest BCUT2D eigenvalue weighted by Crippen LogP contribution is 2.22. The van der Waals surface area contributed by atoms with Crippen LogP contribution in [0.2, 0.25) is 0 Å². The summed E-state index contributed by atoms with van der Waals surface area (Å²) in [6.07, 6.45) is 0. The first-order valence-corrected chi connectivity index (χ1v) is 3.84. The molecule has 0 saturated carbocycles. The summed E-state index contributed by atoms with van der Waals surface area (Å²) in [4.78, 5) is 10.1. The van der Waals surface area contributed by atoms with E-state index < -0.39 is 4.92 Å². The van der Waals surface area contributed by atoms with E-state index >= 15 is 0 Å². The first-order valence-electron chi connectivity index (χ1n) is 3.30. The van der Waals surface area contributed by atoms with Crippen molar-refractivity contribution in [3.63, 3.8) is 0 Å². The van der Waals surface area contributed by atoms with E-state index in [-0.39, 0.29) is 11.6 Å². The molecule has 0 aliphatic heterocycles. The van der Waals surface area contributed by atoms with Crippen LogP contribution in [0, 0.1) is 17.0 Å². The second-order valence-electron chi connectivity index (χ2n) is 2.40. The Kier molecular flexibility index (Phi) is 2.32. The second kappa shape index (κ2) is 3.10. The summed E-state index contributed by atoms with van der Waals surface area (Å²) in [5.41, 5.74) is 0.866. The summed E-state index contributed by atoms with van der Waals surface area (Å²) in [5.74, 6) is 0.0675. The number of aryl methyl sites for hydroxylation is 1. The Bertz CT molecular complexity index is 321. The number of alkyl halides is 1. The van der Waals surface area contributed by atoms with Crippen LogP contribution in [0.5, 0.6) is 0 Å². The third-order valence-electron chi connectivity index (χ3n) is 1.68. The minimum absolute atomic E-state index is 0.0208. The van der Waals surface area contributed by atoms with Crippen LogP contribution in [0.15, 0.2) is 0 Å². The molecule has 66 valence electrons. The highest BCUT2D eigenvalue weighted by molar-refractivity contribution is 6.17. The molecule has 0 fully saturated rings. The molecule has 0 atom stereocenters. The van der Waals surface area contributed by atoms with Crippen LogP contribution in [0.3, 0.4) is 0 Å². The molecule has 0 bridgehead atoms. The molecule has 0 N–H and O–H groups in total. The van der Waals surface area contributed by atoms with E-state index in [4.69, 9.17) is 11.6 Å². The molecule has 12 heavy (non-hydrogen) atoms. The number of halogens is 1. The van der Waals surface area contributed by atoms with E-state index in [1.165, 1.54) is 4.68 Å². The van der Waals surface area contributed by atoms with E-state index in [1.807, 2.05) is 0 Å². The van der Waals surface area contributed by atoms with Gasteiger partial charge in [0.25, 0.3) is 0 Å². The molecule has 6 heteroatoms. The van der Waals surface area contributed by atoms with Crippen molar-refractivity contribution in [2.75, 3.05) is 0 Å². The summed E-state index contributed by atoms with van der Waals surface area (Å²) in [5, 5.41) is 14.4. The van der Waals surface area contributed by atoms with E-state index in [9.17, 15) is 10.1 Å². The average molecular weight is 190 g/mol. The maximum absolute atomic E-state index is 10.5. The third-order valence-corrected chi connectivity index (χ3v) is 1.93. The van der Waals surface area contributed by atoms with Crippen LogP contribution in [0.25, 0.3) is 0 Å². The highest BCUT2D eigenvalue weighted by atomic mass is 35.5. The normalized spacial score (nSPS) is 10.2. The highest BCUT2D eigenvalue weighted by Gasteiger charge is 2.22. The fraction of sp³-hybridized carbons (Fsp3) is 0.500. The van der Waals surface area contributed by atoms with Crippen LogP contribution < -0.4 is 0 Å². The lowest BCUT2D eigenvalue weighted by molar-refractivity contribution is -0.386. The Morgan fingerprint density at radius 2 is 2.33 bits per heavy atom. The maximum Gasteiger partial charge on any atom is 0.314 e. The van der Waals surface area contributed by atoms with Crippen molar-refractivity contribution in [1.82, 2.24) is 9.78 Å². The minimum Gasteiger partial charge on any atom is -0.265 e. The van der Waals surface area contributed by atoms with E-state index in [1.54, 1.807) is 14.0 Å². The monoisotopic (exact) mass is 189 g/mol. The van der Waals surface area contributed by atoms with Gasteiger partial charge >= 0.3 is 5.69 Å². The van der Waals surface area contributed by atoms with Gasteiger partial charge in [-0.15, -0.1) is 11.6 Å². The van der Waals surface area contributed by atoms with Crippen LogP contribution in [0.1, 0.15) is 11.4 Å². The number of aromatic nitrogens is 2. The van der Waals surface area contributed by atoms with Gasteiger partial charge in [-0.3, -0.25) is 14.8 Å². The van der Waals surface area contributed by atoms with Crippen LogP contribution >= 0.6 is 11.6 Å². The Balaban J connectivity index is 3.31. The molecule has 0 saturated heterocycles. The van der Waals surface area contributed by atoms with Crippen molar-refractivity contribution in [2.45, 2.75) is 12.8 Å². The summed E-state index contributed by atoms with van der Waals surface area (Å²) in [7, 11) is 1.65. The molecule has 0 aliphatic rings. The van der Waals surface area contributed by atoms with Gasteiger partial charge in [-0.25, -0.2) is 0 Å². The van der Waals surface area contributed by atoms with E-state index in [0.29, 0.717) is 11.4 Å². The van der Waals surface area contributed by atoms with Crippen molar-refractivity contribution >= 4 is 17.3 Å². The van der Waals surface area contributed by atoms with Gasteiger partial charge in [-0.1, -0.05) is 0 Å². The lowest BCUT2D eigenvalue weighted by Gasteiger charge is -1.90. The van der Waals surface area contributed by atoms with E-state index in [0.717, 1.165) is 0 Å². The quantitative estimate of drug-likeness (QED) is 0.401. The predicted octanol–water partition coefficient (Wildman–Crippen LogP) is 1.38. The molecule has 0 aliphatic carbocycles. The molecule has 0 amide bonds. The molecule has 5 nitrogen and oxygen atoms in total. The fourth-order valence-electron chi connectivity index (χ4n) is 0.993. The topological polar surface area (TPSA) is 61.0 Å². The zero-order valence-electron chi connectivity index (χ0n) is 6.74. The fourth-order valence-corrected chi connectivity index (χ4v) is 1.17. The van der Waals surface area contributed by atoms with Gasteiger partial charge in [0, 0.05) is 7.05 Å². The molecule has 0 aromatic carbocycles. The van der Waals surface area contributed by atoms with Crippen molar-refractivity contribution in [1.29, 1.82) is 0 Å². The molecule has 0 unspecified atom stereocenters. The molecule has 0 spiro atoms. The number of hydrogen-bond donors (Lipinski definition) is 0. The molecule has 1 aromatic heterocycles. The number of rotatable bonds is 2. The zero-order chi connectivity index (χ0) is 9.30. The van der Waals surface area contributed by atoms with Crippen molar-refractivity contribution in [2.24, 2.45) is 7.05 Å². The molecule has 0 radical (unpaired) electrons. The van der Waals surface area contributed by atoms with Crippen molar-refractivity contribution in [3.05, 3.63) is 21.5 Å². The summed E-state index contributed by atoms with van der Waals surface area (Å²) in [6, 6.07) is 0. The smallest absolute Gasteiger partial charge is 0.265 e. The second-order valence-corrected chi connectivity index (χ2v) is 2.66. The largest absolute Gasteiger partial charge is 0.314 e. The number of nitro groups is 1. The van der Waals surface area contributed by atoms with Gasteiger partial charge in [0.05, 0.1) is 10.8 Å². The van der Waals surface area contributed by atoms with Crippen molar-refractivity contribution in [3.8, 4) is 0 Å². The SMILES string of the molecule is Cc1c([N+](=O)[O-])c(CCl)nn1C. The van der Waals surface area contributed by atoms with Gasteiger partial charge in [0.2, 0.25) is 0 Å². The molecule has 1 rings (SSSR count). The van der Waals surface area contributed by atoms with Gasteiger partial charge < -0.3 is 0 Å². The lowest BCUT2D eigenvalue weighted by Crippen LogP contribution is -1.94. The molecular weight excluding hydrogens is 182 g/mol. The van der Waals surface area contributed by atoms with Crippen LogP contribution in [0.4, 0.5) is 5.69 Å². The number of hydrogen-bond acceptors (Lipinski definition) is 3. The minimum atomic E-state index is -0.458. The Labute approximate surface area is 74.1 Å². The maximum atomic E-state index is 10.5. The third kappa shape index (κ3) is 1.27. The molecular formula is C6H8ClN3O2. The Morgan fingerprint density at radius 3 is 2.67 bits per heavy atom. The zero-order valence-corrected chi connectivity index (χ0v) is 7.50. The molecule has 1 aromatic rings. The number of nitrogens with zero attached hydrogens (tertiary/aromatic N) is 3. The predicted molar refractivity (Wildman–Crippen MR) is 44.2 cm³/mol. The van der Waals surface area contributed by atoms with Gasteiger partial charge in [-0.2, -0.15) is 5.10 Å². The summed E-state index contributed by atoms with van der Waals surface area (Å²) < 4.78 is 1.45. The van der Waals surface area contributed by atoms with E-state index in [2.05, 4.69) is 5.10 Å². The van der Waals surface area contributed by atoms with Crippen LogP contribution in [-0.2, 0) is 12.9 Å². The van der Waals surface area contributed by atoms with Crippen molar-refractivity contribution < 1.29 is 4.92 Å². The lowest BCUT2D eigenvalue weighted by atomic mass is 10.3. The summed E-state index contributed by atoms with van der Waals surface area (Å²) in [6.45, 7) is 1.64. The molecule has 1 heterocycles. The first kappa shape index (κ1) is 8.99.